The Morgan fingerprint density at radius 2 is 1.79 bits per heavy atom. The second-order valence-corrected chi connectivity index (χ2v) is 9.78. The molecular formula is C25H33F2N3O3. The number of hydrogen-bond donors (Lipinski definition) is 1. The summed E-state index contributed by atoms with van der Waals surface area (Å²) in [6.07, 6.45) is 1.63. The Morgan fingerprint density at radius 3 is 2.27 bits per heavy atom. The number of nitrogens with zero attached hydrogens (tertiary/aromatic N) is 3. The van der Waals surface area contributed by atoms with Crippen molar-refractivity contribution >= 4 is 11.7 Å². The molecule has 1 saturated heterocycles. The summed E-state index contributed by atoms with van der Waals surface area (Å²) in [6.45, 7) is 8.11. The average molecular weight is 462 g/mol. The fourth-order valence-electron chi connectivity index (χ4n) is 4.45. The molecule has 2 aromatic rings. The molecule has 8 heteroatoms. The van der Waals surface area contributed by atoms with Crippen LogP contribution in [-0.2, 0) is 17.8 Å². The van der Waals surface area contributed by atoms with Gasteiger partial charge < -0.3 is 19.6 Å². The third-order valence-corrected chi connectivity index (χ3v) is 6.27. The SMILES string of the molecule is COc1c(F)cc(-c2c(CN(C)C)nc(C)c(CC(=O)O)c2N2CCC(C)(C)CC2)cc1F. The van der Waals surface area contributed by atoms with Crippen LogP contribution in [-0.4, -0.2) is 55.3 Å². The van der Waals surface area contributed by atoms with Crippen molar-refractivity contribution in [2.45, 2.75) is 46.6 Å². The zero-order valence-electron chi connectivity index (χ0n) is 20.3. The molecule has 0 unspecified atom stereocenters. The van der Waals surface area contributed by atoms with Gasteiger partial charge in [-0.1, -0.05) is 13.8 Å². The van der Waals surface area contributed by atoms with Crippen LogP contribution in [0.25, 0.3) is 11.1 Å². The largest absolute Gasteiger partial charge is 0.491 e. The molecule has 33 heavy (non-hydrogen) atoms. The molecule has 1 aliphatic rings. The number of carboxylic acids is 1. The molecule has 2 heterocycles. The Balaban J connectivity index is 2.33. The van der Waals surface area contributed by atoms with E-state index in [0.717, 1.165) is 25.9 Å². The summed E-state index contributed by atoms with van der Waals surface area (Å²) in [4.78, 5) is 20.6. The molecule has 180 valence electrons. The van der Waals surface area contributed by atoms with E-state index in [1.165, 1.54) is 19.2 Å². The lowest BCUT2D eigenvalue weighted by atomic mass is 9.82. The fourth-order valence-corrected chi connectivity index (χ4v) is 4.45. The predicted molar refractivity (Wildman–Crippen MR) is 125 cm³/mol. The molecule has 1 aliphatic heterocycles. The van der Waals surface area contributed by atoms with Crippen LogP contribution in [0, 0.1) is 24.0 Å². The van der Waals surface area contributed by atoms with E-state index < -0.39 is 23.4 Å². The van der Waals surface area contributed by atoms with Crippen molar-refractivity contribution in [1.29, 1.82) is 0 Å². The van der Waals surface area contributed by atoms with Gasteiger partial charge in [-0.15, -0.1) is 0 Å². The van der Waals surface area contributed by atoms with Gasteiger partial charge in [0.05, 0.1) is 24.9 Å². The van der Waals surface area contributed by atoms with Crippen LogP contribution in [0.3, 0.4) is 0 Å². The summed E-state index contributed by atoms with van der Waals surface area (Å²) >= 11 is 0. The van der Waals surface area contributed by atoms with Gasteiger partial charge >= 0.3 is 5.97 Å². The number of hydrogen-bond acceptors (Lipinski definition) is 5. The first-order valence-corrected chi connectivity index (χ1v) is 11.1. The van der Waals surface area contributed by atoms with E-state index >= 15 is 0 Å². The van der Waals surface area contributed by atoms with Crippen LogP contribution >= 0.6 is 0 Å². The van der Waals surface area contributed by atoms with Gasteiger partial charge in [-0.3, -0.25) is 9.78 Å². The minimum atomic E-state index is -0.975. The van der Waals surface area contributed by atoms with Crippen molar-refractivity contribution in [1.82, 2.24) is 9.88 Å². The molecule has 0 amide bonds. The van der Waals surface area contributed by atoms with Gasteiger partial charge in [-0.25, -0.2) is 8.78 Å². The minimum Gasteiger partial charge on any atom is -0.491 e. The van der Waals surface area contributed by atoms with E-state index in [0.29, 0.717) is 40.3 Å². The molecule has 0 spiro atoms. The van der Waals surface area contributed by atoms with Gasteiger partial charge in [0.2, 0.25) is 0 Å². The molecule has 0 aliphatic carbocycles. The van der Waals surface area contributed by atoms with Crippen LogP contribution in [0.5, 0.6) is 5.75 Å². The first kappa shape index (κ1) is 24.9. The van der Waals surface area contributed by atoms with Crippen molar-refractivity contribution in [3.63, 3.8) is 0 Å². The molecule has 1 aromatic carbocycles. The molecule has 1 aromatic heterocycles. The lowest BCUT2D eigenvalue weighted by Gasteiger charge is -2.40. The quantitative estimate of drug-likeness (QED) is 0.647. The number of aryl methyl sites for hydroxylation is 1. The van der Waals surface area contributed by atoms with E-state index in [-0.39, 0.29) is 11.8 Å². The molecule has 0 bridgehead atoms. The molecule has 0 atom stereocenters. The highest BCUT2D eigenvalue weighted by Gasteiger charge is 2.31. The topological polar surface area (TPSA) is 65.9 Å². The maximum Gasteiger partial charge on any atom is 0.307 e. The highest BCUT2D eigenvalue weighted by Crippen LogP contribution is 2.43. The van der Waals surface area contributed by atoms with E-state index in [1.54, 1.807) is 6.92 Å². The van der Waals surface area contributed by atoms with Crippen molar-refractivity contribution in [3.05, 3.63) is 40.7 Å². The predicted octanol–water partition coefficient (Wildman–Crippen LogP) is 4.66. The zero-order valence-corrected chi connectivity index (χ0v) is 20.3. The number of halogens is 2. The summed E-state index contributed by atoms with van der Waals surface area (Å²) in [5.74, 6) is -3.04. The zero-order chi connectivity index (χ0) is 24.5. The highest BCUT2D eigenvalue weighted by atomic mass is 19.1. The third-order valence-electron chi connectivity index (χ3n) is 6.27. The van der Waals surface area contributed by atoms with E-state index in [1.807, 2.05) is 19.0 Å². The number of anilines is 1. The number of carboxylic acid groups (broad SMARTS) is 1. The van der Waals surface area contributed by atoms with Gasteiger partial charge in [0, 0.05) is 36.5 Å². The van der Waals surface area contributed by atoms with Crippen LogP contribution in [0.2, 0.25) is 0 Å². The number of methoxy groups -OCH3 is 1. The standard InChI is InChI=1S/C25H33F2N3O3/c1-15-17(13-21(31)32)23(30-9-7-25(2,3)8-10-30)22(20(28-15)14-29(4)5)16-11-18(26)24(33-6)19(27)12-16/h11-12H,7-10,13-14H2,1-6H3,(H,31,32). The van der Waals surface area contributed by atoms with Crippen molar-refractivity contribution < 1.29 is 23.4 Å². The molecular weight excluding hydrogens is 428 g/mol. The summed E-state index contributed by atoms with van der Waals surface area (Å²) < 4.78 is 34.4. The fraction of sp³-hybridized carbons (Fsp3) is 0.520. The monoisotopic (exact) mass is 461 g/mol. The van der Waals surface area contributed by atoms with Crippen molar-refractivity contribution in [2.75, 3.05) is 39.2 Å². The Kier molecular flexibility index (Phi) is 7.26. The molecule has 0 radical (unpaired) electrons. The summed E-state index contributed by atoms with van der Waals surface area (Å²) in [5, 5.41) is 9.64. The second kappa shape index (κ2) is 9.63. The normalized spacial score (nSPS) is 15.7. The lowest BCUT2D eigenvalue weighted by Crippen LogP contribution is -2.38. The molecule has 3 rings (SSSR count). The van der Waals surface area contributed by atoms with Crippen LogP contribution in [0.15, 0.2) is 12.1 Å². The molecule has 0 saturated carbocycles. The number of pyridine rings is 1. The number of carbonyl (C=O) groups is 1. The average Bonchev–Trinajstić information content (AvgIpc) is 2.69. The van der Waals surface area contributed by atoms with Crippen LogP contribution in [0.1, 0.15) is 43.6 Å². The van der Waals surface area contributed by atoms with Crippen LogP contribution in [0.4, 0.5) is 14.5 Å². The Hall–Kier alpha value is -2.74. The van der Waals surface area contributed by atoms with Crippen molar-refractivity contribution in [3.8, 4) is 16.9 Å². The number of aliphatic carboxylic acids is 1. The summed E-state index contributed by atoms with van der Waals surface area (Å²) in [7, 11) is 5.01. The van der Waals surface area contributed by atoms with Gasteiger partial charge in [0.1, 0.15) is 0 Å². The first-order valence-electron chi connectivity index (χ1n) is 11.1. The van der Waals surface area contributed by atoms with Gasteiger partial charge in [-0.2, -0.15) is 0 Å². The maximum absolute atomic E-state index is 14.8. The maximum atomic E-state index is 14.8. The molecule has 6 nitrogen and oxygen atoms in total. The first-order chi connectivity index (χ1) is 15.4. The molecule has 1 N–H and O–H groups in total. The Bertz CT molecular complexity index is 1020. The molecule has 1 fully saturated rings. The summed E-state index contributed by atoms with van der Waals surface area (Å²) in [5.41, 5.74) is 3.63. The third kappa shape index (κ3) is 5.43. The lowest BCUT2D eigenvalue weighted by molar-refractivity contribution is -0.136. The van der Waals surface area contributed by atoms with Crippen molar-refractivity contribution in [2.24, 2.45) is 5.41 Å². The van der Waals surface area contributed by atoms with E-state index in [2.05, 4.69) is 18.7 Å². The van der Waals surface area contributed by atoms with Gasteiger partial charge in [-0.05, 0) is 57.0 Å². The Labute approximate surface area is 194 Å². The number of rotatable bonds is 7. The number of benzene rings is 1. The number of aromatic nitrogens is 1. The number of ether oxygens (including phenoxy) is 1. The minimum absolute atomic E-state index is 0.177. The van der Waals surface area contributed by atoms with E-state index in [4.69, 9.17) is 9.72 Å². The Morgan fingerprint density at radius 1 is 1.21 bits per heavy atom. The number of piperidine rings is 1. The second-order valence-electron chi connectivity index (χ2n) is 9.78. The highest BCUT2D eigenvalue weighted by molar-refractivity contribution is 5.86. The van der Waals surface area contributed by atoms with E-state index in [9.17, 15) is 18.7 Å². The van der Waals surface area contributed by atoms with Crippen LogP contribution < -0.4 is 9.64 Å². The summed E-state index contributed by atoms with van der Waals surface area (Å²) in [6, 6.07) is 2.49. The van der Waals surface area contributed by atoms with Gasteiger partial charge in [0.15, 0.2) is 17.4 Å². The smallest absolute Gasteiger partial charge is 0.307 e. The van der Waals surface area contributed by atoms with Gasteiger partial charge in [0.25, 0.3) is 0 Å².